The third-order valence-electron chi connectivity index (χ3n) is 2.90. The fraction of sp³-hybridized carbons (Fsp3) is 0.333. The van der Waals surface area contributed by atoms with Crippen molar-refractivity contribution >= 4 is 11.6 Å². The highest BCUT2D eigenvalue weighted by Gasteiger charge is 2.08. The number of hydrogen-bond donors (Lipinski definition) is 1. The van der Waals surface area contributed by atoms with Crippen molar-refractivity contribution < 1.29 is 9.15 Å². The molecule has 0 aliphatic heterocycles. The molecule has 1 aromatic heterocycles. The highest BCUT2D eigenvalue weighted by molar-refractivity contribution is 6.32. The minimum Gasteiger partial charge on any atom is -0.484 e. The van der Waals surface area contributed by atoms with Crippen LogP contribution in [-0.4, -0.2) is 7.05 Å². The van der Waals surface area contributed by atoms with Crippen LogP contribution in [0.1, 0.15) is 22.6 Å². The molecular formula is C15H18ClNO2. The molecular weight excluding hydrogens is 262 g/mol. The van der Waals surface area contributed by atoms with E-state index in [9.17, 15) is 0 Å². The summed E-state index contributed by atoms with van der Waals surface area (Å²) < 4.78 is 11.3. The van der Waals surface area contributed by atoms with Crippen LogP contribution in [0.5, 0.6) is 5.75 Å². The summed E-state index contributed by atoms with van der Waals surface area (Å²) >= 11 is 6.12. The highest BCUT2D eigenvalue weighted by Crippen LogP contribution is 2.26. The van der Waals surface area contributed by atoms with Crippen molar-refractivity contribution in [3.05, 3.63) is 51.9 Å². The van der Waals surface area contributed by atoms with E-state index in [1.165, 1.54) is 0 Å². The van der Waals surface area contributed by atoms with Crippen molar-refractivity contribution in [2.24, 2.45) is 0 Å². The van der Waals surface area contributed by atoms with E-state index in [0.717, 1.165) is 29.2 Å². The van der Waals surface area contributed by atoms with Gasteiger partial charge >= 0.3 is 0 Å². The zero-order valence-electron chi connectivity index (χ0n) is 11.4. The average molecular weight is 280 g/mol. The quantitative estimate of drug-likeness (QED) is 0.903. The summed E-state index contributed by atoms with van der Waals surface area (Å²) in [4.78, 5) is 0. The van der Waals surface area contributed by atoms with Crippen LogP contribution in [0.25, 0.3) is 0 Å². The van der Waals surface area contributed by atoms with Crippen molar-refractivity contribution in [1.82, 2.24) is 5.32 Å². The van der Waals surface area contributed by atoms with Crippen molar-refractivity contribution in [3.63, 3.8) is 0 Å². The number of benzene rings is 1. The summed E-state index contributed by atoms with van der Waals surface area (Å²) in [5, 5.41) is 3.73. The Hall–Kier alpha value is -1.45. The predicted octanol–water partition coefficient (Wildman–Crippen LogP) is 3.85. The Morgan fingerprint density at radius 1 is 1.26 bits per heavy atom. The Kier molecular flexibility index (Phi) is 4.51. The second kappa shape index (κ2) is 6.13. The summed E-state index contributed by atoms with van der Waals surface area (Å²) in [5.74, 6) is 2.40. The number of furan rings is 1. The first-order chi connectivity index (χ1) is 9.10. The van der Waals surface area contributed by atoms with Crippen LogP contribution < -0.4 is 10.1 Å². The van der Waals surface area contributed by atoms with Crippen LogP contribution in [0.15, 0.2) is 28.7 Å². The molecule has 0 saturated heterocycles. The van der Waals surface area contributed by atoms with E-state index >= 15 is 0 Å². The Morgan fingerprint density at radius 2 is 2.05 bits per heavy atom. The van der Waals surface area contributed by atoms with Gasteiger partial charge in [0, 0.05) is 12.1 Å². The van der Waals surface area contributed by atoms with Gasteiger partial charge in [-0.3, -0.25) is 0 Å². The lowest BCUT2D eigenvalue weighted by atomic mass is 10.2. The summed E-state index contributed by atoms with van der Waals surface area (Å²) in [6, 6.07) is 7.74. The van der Waals surface area contributed by atoms with Gasteiger partial charge in [-0.2, -0.15) is 0 Å². The van der Waals surface area contributed by atoms with E-state index in [4.69, 9.17) is 20.8 Å². The zero-order chi connectivity index (χ0) is 13.8. The Labute approximate surface area is 118 Å². The van der Waals surface area contributed by atoms with Gasteiger partial charge in [-0.25, -0.2) is 0 Å². The van der Waals surface area contributed by atoms with Gasteiger partial charge in [-0.1, -0.05) is 17.7 Å². The van der Waals surface area contributed by atoms with Crippen LogP contribution in [0.3, 0.4) is 0 Å². The molecule has 102 valence electrons. The first-order valence-corrected chi connectivity index (χ1v) is 6.59. The minimum absolute atomic E-state index is 0.382. The molecule has 2 aromatic rings. The van der Waals surface area contributed by atoms with Gasteiger partial charge in [0.05, 0.1) is 5.02 Å². The van der Waals surface area contributed by atoms with Gasteiger partial charge in [0.15, 0.2) is 0 Å². The Morgan fingerprint density at radius 3 is 2.74 bits per heavy atom. The molecule has 4 heteroatoms. The largest absolute Gasteiger partial charge is 0.484 e. The molecule has 19 heavy (non-hydrogen) atoms. The molecule has 0 aliphatic rings. The number of aryl methyl sites for hydroxylation is 2. The Balaban J connectivity index is 2.04. The van der Waals surface area contributed by atoms with Crippen molar-refractivity contribution in [1.29, 1.82) is 0 Å². The van der Waals surface area contributed by atoms with E-state index in [-0.39, 0.29) is 0 Å². The number of hydrogen-bond acceptors (Lipinski definition) is 3. The van der Waals surface area contributed by atoms with Crippen LogP contribution in [0, 0.1) is 13.8 Å². The molecule has 0 saturated carbocycles. The molecule has 0 unspecified atom stereocenters. The number of ether oxygens (including phenoxy) is 1. The van der Waals surface area contributed by atoms with Crippen molar-refractivity contribution in [3.8, 4) is 5.75 Å². The molecule has 0 aliphatic carbocycles. The summed E-state index contributed by atoms with van der Waals surface area (Å²) in [7, 11) is 1.91. The van der Waals surface area contributed by atoms with E-state index in [1.807, 2.05) is 45.2 Å². The van der Waals surface area contributed by atoms with Crippen LogP contribution >= 0.6 is 11.6 Å². The zero-order valence-corrected chi connectivity index (χ0v) is 12.2. The average Bonchev–Trinajstić information content (AvgIpc) is 2.70. The predicted molar refractivity (Wildman–Crippen MR) is 76.7 cm³/mol. The fourth-order valence-electron chi connectivity index (χ4n) is 1.90. The molecule has 0 fully saturated rings. The van der Waals surface area contributed by atoms with E-state index in [2.05, 4.69) is 5.32 Å². The van der Waals surface area contributed by atoms with Crippen molar-refractivity contribution in [2.75, 3.05) is 7.05 Å². The second-order valence-electron chi connectivity index (χ2n) is 4.55. The SMILES string of the molecule is CNCc1cc(COc2ccc(C)cc2Cl)oc1C. The summed E-state index contributed by atoms with van der Waals surface area (Å²) in [6.07, 6.45) is 0. The number of halogens is 1. The monoisotopic (exact) mass is 279 g/mol. The smallest absolute Gasteiger partial charge is 0.146 e. The molecule has 0 bridgehead atoms. The molecule has 0 radical (unpaired) electrons. The first kappa shape index (κ1) is 14.0. The maximum absolute atomic E-state index is 6.12. The normalized spacial score (nSPS) is 10.7. The summed E-state index contributed by atoms with van der Waals surface area (Å²) in [6.45, 7) is 5.12. The summed E-state index contributed by atoms with van der Waals surface area (Å²) in [5.41, 5.74) is 2.26. The van der Waals surface area contributed by atoms with E-state index in [0.29, 0.717) is 17.4 Å². The molecule has 1 N–H and O–H groups in total. The van der Waals surface area contributed by atoms with E-state index in [1.54, 1.807) is 0 Å². The van der Waals surface area contributed by atoms with Gasteiger partial charge in [0.1, 0.15) is 23.9 Å². The topological polar surface area (TPSA) is 34.4 Å². The molecule has 0 spiro atoms. The highest BCUT2D eigenvalue weighted by atomic mass is 35.5. The maximum atomic E-state index is 6.12. The lowest BCUT2D eigenvalue weighted by molar-refractivity contribution is 0.267. The molecule has 1 heterocycles. The van der Waals surface area contributed by atoms with Crippen molar-refractivity contribution in [2.45, 2.75) is 27.0 Å². The van der Waals surface area contributed by atoms with Gasteiger partial charge in [0.25, 0.3) is 0 Å². The first-order valence-electron chi connectivity index (χ1n) is 6.22. The van der Waals surface area contributed by atoms with Crippen LogP contribution in [0.2, 0.25) is 5.02 Å². The molecule has 1 aromatic carbocycles. The third-order valence-corrected chi connectivity index (χ3v) is 3.19. The molecule has 0 atom stereocenters. The van der Waals surface area contributed by atoms with Crippen LogP contribution in [0.4, 0.5) is 0 Å². The maximum Gasteiger partial charge on any atom is 0.146 e. The lowest BCUT2D eigenvalue weighted by Crippen LogP contribution is -2.04. The van der Waals surface area contributed by atoms with Gasteiger partial charge in [-0.15, -0.1) is 0 Å². The standard InChI is InChI=1S/C15H18ClNO2/c1-10-4-5-15(14(16)6-10)18-9-13-7-12(8-17-3)11(2)19-13/h4-7,17H,8-9H2,1-3H3. The Bertz CT molecular complexity index is 563. The lowest BCUT2D eigenvalue weighted by Gasteiger charge is -2.06. The van der Waals surface area contributed by atoms with Gasteiger partial charge in [-0.05, 0) is 44.7 Å². The molecule has 3 nitrogen and oxygen atoms in total. The van der Waals surface area contributed by atoms with Gasteiger partial charge < -0.3 is 14.5 Å². The number of nitrogens with one attached hydrogen (secondary N) is 1. The molecule has 2 rings (SSSR count). The van der Waals surface area contributed by atoms with Crippen LogP contribution in [-0.2, 0) is 13.2 Å². The van der Waals surface area contributed by atoms with Gasteiger partial charge in [0.2, 0.25) is 0 Å². The second-order valence-corrected chi connectivity index (χ2v) is 4.95. The third kappa shape index (κ3) is 3.52. The number of rotatable bonds is 5. The fourth-order valence-corrected chi connectivity index (χ4v) is 2.19. The minimum atomic E-state index is 0.382. The van der Waals surface area contributed by atoms with E-state index < -0.39 is 0 Å². The molecule has 0 amide bonds.